The number of nitrogens with zero attached hydrogens (tertiary/aromatic N) is 2. The minimum atomic E-state index is -0.426. The molecule has 1 aromatic rings. The lowest BCUT2D eigenvalue weighted by Gasteiger charge is -2.48. The summed E-state index contributed by atoms with van der Waals surface area (Å²) in [7, 11) is 0. The number of benzene rings is 1. The van der Waals surface area contributed by atoms with Crippen LogP contribution in [0.1, 0.15) is 51.0 Å². The average Bonchev–Trinajstić information content (AvgIpc) is 2.71. The zero-order chi connectivity index (χ0) is 15.0. The third-order valence-electron chi connectivity index (χ3n) is 4.89. The molecule has 2 unspecified atom stereocenters. The van der Waals surface area contributed by atoms with Crippen LogP contribution in [0.3, 0.4) is 0 Å². The molecule has 21 heavy (non-hydrogen) atoms. The summed E-state index contributed by atoms with van der Waals surface area (Å²) < 4.78 is 0. The van der Waals surface area contributed by atoms with Gasteiger partial charge in [0.25, 0.3) is 0 Å². The summed E-state index contributed by atoms with van der Waals surface area (Å²) in [4.78, 5) is 18.4. The van der Waals surface area contributed by atoms with E-state index in [1.165, 1.54) is 12.0 Å². The quantitative estimate of drug-likeness (QED) is 0.906. The van der Waals surface area contributed by atoms with E-state index in [0.29, 0.717) is 5.84 Å². The number of hydrogen-bond acceptors (Lipinski definition) is 2. The highest BCUT2D eigenvalue weighted by Crippen LogP contribution is 2.48. The molecule has 4 nitrogen and oxygen atoms in total. The van der Waals surface area contributed by atoms with Gasteiger partial charge in [0.15, 0.2) is 0 Å². The number of hydrogen-bond donors (Lipinski definition) is 1. The second-order valence-electron chi connectivity index (χ2n) is 6.38. The van der Waals surface area contributed by atoms with Gasteiger partial charge in [-0.25, -0.2) is 4.79 Å². The van der Waals surface area contributed by atoms with Crippen molar-refractivity contribution in [1.82, 2.24) is 4.90 Å². The summed E-state index contributed by atoms with van der Waals surface area (Å²) in [5.41, 5.74) is 7.11. The van der Waals surface area contributed by atoms with E-state index in [4.69, 9.17) is 5.73 Å². The predicted octanol–water partition coefficient (Wildman–Crippen LogP) is 3.28. The number of carbonyl (C=O) groups is 1. The Kier molecular flexibility index (Phi) is 3.47. The molecule has 0 saturated heterocycles. The van der Waals surface area contributed by atoms with Crippen LogP contribution in [0.2, 0.25) is 0 Å². The molecule has 2 aliphatic rings. The molecule has 2 atom stereocenters. The van der Waals surface area contributed by atoms with Crippen LogP contribution >= 0.6 is 0 Å². The zero-order valence-corrected chi connectivity index (χ0v) is 12.7. The fourth-order valence-electron chi connectivity index (χ4n) is 4.11. The smallest absolute Gasteiger partial charge is 0.346 e. The second-order valence-corrected chi connectivity index (χ2v) is 6.38. The highest BCUT2D eigenvalue weighted by molar-refractivity contribution is 6.06. The van der Waals surface area contributed by atoms with E-state index in [9.17, 15) is 4.79 Å². The maximum atomic E-state index is 12.3. The van der Waals surface area contributed by atoms with Crippen molar-refractivity contribution in [3.8, 4) is 0 Å². The van der Waals surface area contributed by atoms with Crippen molar-refractivity contribution in [2.45, 2.75) is 57.0 Å². The molecule has 1 aromatic carbocycles. The molecule has 0 radical (unpaired) electrons. The second kappa shape index (κ2) is 5.17. The van der Waals surface area contributed by atoms with Gasteiger partial charge in [-0.05, 0) is 32.3 Å². The Bertz CT molecular complexity index is 567. The molecule has 0 bridgehead atoms. The summed E-state index contributed by atoms with van der Waals surface area (Å²) in [6.45, 7) is 4.09. The first kappa shape index (κ1) is 14.1. The van der Waals surface area contributed by atoms with Crippen molar-refractivity contribution in [2.75, 3.05) is 0 Å². The van der Waals surface area contributed by atoms with Crippen LogP contribution in [0.15, 0.2) is 35.3 Å². The Balaban J connectivity index is 2.11. The van der Waals surface area contributed by atoms with Crippen molar-refractivity contribution in [3.05, 3.63) is 35.9 Å². The maximum absolute atomic E-state index is 12.3. The lowest BCUT2D eigenvalue weighted by molar-refractivity contribution is 0.102. The predicted molar refractivity (Wildman–Crippen MR) is 84.4 cm³/mol. The number of amidine groups is 1. The molecule has 1 saturated carbocycles. The number of rotatable bonds is 2. The van der Waals surface area contributed by atoms with E-state index in [1.54, 1.807) is 0 Å². The molecule has 3 rings (SSSR count). The van der Waals surface area contributed by atoms with E-state index in [0.717, 1.165) is 19.3 Å². The number of amides is 2. The Morgan fingerprint density at radius 2 is 2.00 bits per heavy atom. The van der Waals surface area contributed by atoms with Crippen molar-refractivity contribution in [2.24, 2.45) is 10.7 Å². The van der Waals surface area contributed by atoms with Crippen LogP contribution < -0.4 is 5.73 Å². The molecule has 2 amide bonds. The lowest BCUT2D eigenvalue weighted by atomic mass is 9.68. The first-order valence-electron chi connectivity index (χ1n) is 7.80. The third kappa shape index (κ3) is 2.04. The molecule has 1 aliphatic heterocycles. The molecule has 1 spiro atoms. The first-order chi connectivity index (χ1) is 10.1. The highest BCUT2D eigenvalue weighted by Gasteiger charge is 2.55. The van der Waals surface area contributed by atoms with E-state index in [1.807, 2.05) is 24.8 Å². The van der Waals surface area contributed by atoms with Gasteiger partial charge in [0.05, 0.1) is 0 Å². The van der Waals surface area contributed by atoms with Gasteiger partial charge in [-0.15, -0.1) is 0 Å². The highest BCUT2D eigenvalue weighted by atomic mass is 16.2. The molecule has 112 valence electrons. The van der Waals surface area contributed by atoms with Crippen LogP contribution in [0.4, 0.5) is 4.79 Å². The van der Waals surface area contributed by atoms with E-state index in [2.05, 4.69) is 29.3 Å². The van der Waals surface area contributed by atoms with Gasteiger partial charge in [0.2, 0.25) is 0 Å². The van der Waals surface area contributed by atoms with Crippen LogP contribution in [0.25, 0.3) is 0 Å². The molecule has 4 heteroatoms. The summed E-state index contributed by atoms with van der Waals surface area (Å²) in [5, 5.41) is 0. The summed E-state index contributed by atoms with van der Waals surface area (Å²) in [6, 6.07) is 10.4. The van der Waals surface area contributed by atoms with Crippen molar-refractivity contribution < 1.29 is 4.79 Å². The van der Waals surface area contributed by atoms with Crippen LogP contribution in [-0.2, 0) is 0 Å². The SMILES string of the molecule is CC(C)N1C(=O)N=C(N)C12CCCCC2c1ccccc1. The van der Waals surface area contributed by atoms with E-state index >= 15 is 0 Å². The molecule has 2 N–H and O–H groups in total. The van der Waals surface area contributed by atoms with Gasteiger partial charge in [-0.2, -0.15) is 4.99 Å². The number of urea groups is 1. The first-order valence-corrected chi connectivity index (χ1v) is 7.80. The van der Waals surface area contributed by atoms with E-state index in [-0.39, 0.29) is 18.0 Å². The van der Waals surface area contributed by atoms with Crippen molar-refractivity contribution >= 4 is 11.9 Å². The largest absolute Gasteiger partial charge is 0.385 e. The monoisotopic (exact) mass is 285 g/mol. The third-order valence-corrected chi connectivity index (χ3v) is 4.89. The summed E-state index contributed by atoms with van der Waals surface area (Å²) in [6.07, 6.45) is 4.23. The Morgan fingerprint density at radius 3 is 2.67 bits per heavy atom. The lowest BCUT2D eigenvalue weighted by Crippen LogP contribution is -2.61. The molecule has 0 aromatic heterocycles. The van der Waals surface area contributed by atoms with Crippen LogP contribution in [-0.4, -0.2) is 28.3 Å². The average molecular weight is 285 g/mol. The van der Waals surface area contributed by atoms with E-state index < -0.39 is 5.54 Å². The maximum Gasteiger partial charge on any atom is 0.346 e. The molecule has 1 fully saturated rings. The Hall–Kier alpha value is -1.84. The van der Waals surface area contributed by atoms with Crippen LogP contribution in [0.5, 0.6) is 0 Å². The molecule has 1 aliphatic carbocycles. The summed E-state index contributed by atoms with van der Waals surface area (Å²) >= 11 is 0. The number of carbonyl (C=O) groups excluding carboxylic acids is 1. The summed E-state index contributed by atoms with van der Waals surface area (Å²) in [5.74, 6) is 0.750. The Morgan fingerprint density at radius 1 is 1.29 bits per heavy atom. The minimum absolute atomic E-state index is 0.103. The van der Waals surface area contributed by atoms with Gasteiger partial charge >= 0.3 is 6.03 Å². The van der Waals surface area contributed by atoms with Crippen molar-refractivity contribution in [3.63, 3.8) is 0 Å². The zero-order valence-electron chi connectivity index (χ0n) is 12.7. The van der Waals surface area contributed by atoms with Gasteiger partial charge in [0, 0.05) is 12.0 Å². The van der Waals surface area contributed by atoms with Crippen molar-refractivity contribution in [1.29, 1.82) is 0 Å². The topological polar surface area (TPSA) is 58.7 Å². The Labute approximate surface area is 126 Å². The van der Waals surface area contributed by atoms with Gasteiger partial charge in [-0.3, -0.25) is 0 Å². The molecular formula is C17H23N3O. The van der Waals surface area contributed by atoms with Gasteiger partial charge < -0.3 is 10.6 Å². The fourth-order valence-corrected chi connectivity index (χ4v) is 4.11. The molecular weight excluding hydrogens is 262 g/mol. The van der Waals surface area contributed by atoms with Crippen LogP contribution in [0, 0.1) is 0 Å². The minimum Gasteiger partial charge on any atom is -0.385 e. The van der Waals surface area contributed by atoms with Gasteiger partial charge in [0.1, 0.15) is 11.4 Å². The standard InChI is InChI=1S/C17H23N3O/c1-12(2)20-16(21)19-15(18)17(20)11-7-6-10-14(17)13-8-4-3-5-9-13/h3-5,8-9,12,14H,6-7,10-11H2,1-2H3,(H2,18,19,21). The number of nitrogens with two attached hydrogens (primary N) is 1. The number of aliphatic imine (C=N–C) groups is 1. The fraction of sp³-hybridized carbons (Fsp3) is 0.529. The van der Waals surface area contributed by atoms with Gasteiger partial charge in [-0.1, -0.05) is 43.2 Å². The molecule has 1 heterocycles. The normalized spacial score (nSPS) is 29.3.